The molecule has 0 unspecified atom stereocenters. The smallest absolute Gasteiger partial charge is 0.350 e. The number of nitrogens with one attached hydrogen (secondary N) is 4. The normalized spacial score (nSPS) is 19.1. The fourth-order valence-corrected chi connectivity index (χ4v) is 5.43. The van der Waals surface area contributed by atoms with Gasteiger partial charge in [-0.3, -0.25) is 9.78 Å². The Labute approximate surface area is 200 Å². The van der Waals surface area contributed by atoms with Crippen molar-refractivity contribution in [1.29, 1.82) is 0 Å². The van der Waals surface area contributed by atoms with Crippen molar-refractivity contribution in [2.75, 3.05) is 6.54 Å². The molecule has 1 fully saturated rings. The van der Waals surface area contributed by atoms with Gasteiger partial charge in [-0.25, -0.2) is 13.1 Å². The second-order valence-electron chi connectivity index (χ2n) is 8.64. The Morgan fingerprint density at radius 3 is 2.40 bits per heavy atom. The number of aromatic amines is 1. The molecule has 4 rings (SSSR count). The van der Waals surface area contributed by atoms with Gasteiger partial charge in [0.2, 0.25) is 10.0 Å². The van der Waals surface area contributed by atoms with Gasteiger partial charge in [-0.1, -0.05) is 12.1 Å². The zero-order chi connectivity index (χ0) is 25.1. The van der Waals surface area contributed by atoms with Gasteiger partial charge in [0, 0.05) is 41.9 Å². The number of carbonyl (C=O) groups is 1. The standard InChI is InChI=1S/C23H26F3N5O3S/c24-23(25,26)14-29-17-3-5-18(6-4-17)31-35(33,34)19-7-1-15(2-8-19)12-28-22(32)21-11-16-13-27-10-9-20(16)30-21/h1-2,7-11,13,17-18,29-31H,3-6,12,14H2,(H,28,32). The van der Waals surface area contributed by atoms with Crippen LogP contribution in [0.15, 0.2) is 53.7 Å². The number of amides is 1. The molecule has 12 heteroatoms. The van der Waals surface area contributed by atoms with Gasteiger partial charge in [0.15, 0.2) is 0 Å². The van der Waals surface area contributed by atoms with Crippen molar-refractivity contribution >= 4 is 26.8 Å². The van der Waals surface area contributed by atoms with E-state index in [-0.39, 0.29) is 29.4 Å². The molecule has 0 atom stereocenters. The summed E-state index contributed by atoms with van der Waals surface area (Å²) in [6.07, 6.45) is 0.884. The van der Waals surface area contributed by atoms with E-state index in [1.165, 1.54) is 12.1 Å². The average molecular weight is 510 g/mol. The lowest BCUT2D eigenvalue weighted by atomic mass is 9.92. The van der Waals surface area contributed by atoms with Gasteiger partial charge in [-0.2, -0.15) is 13.2 Å². The Balaban J connectivity index is 1.27. The van der Waals surface area contributed by atoms with Crippen LogP contribution in [0.1, 0.15) is 41.7 Å². The Bertz CT molecular complexity index is 1230. The number of hydrogen-bond donors (Lipinski definition) is 4. The molecule has 0 spiro atoms. The highest BCUT2D eigenvalue weighted by molar-refractivity contribution is 7.89. The van der Waals surface area contributed by atoms with Crippen molar-refractivity contribution in [3.05, 3.63) is 60.0 Å². The van der Waals surface area contributed by atoms with Crippen LogP contribution in [0.5, 0.6) is 0 Å². The predicted molar refractivity (Wildman–Crippen MR) is 124 cm³/mol. The van der Waals surface area contributed by atoms with E-state index in [2.05, 4.69) is 25.3 Å². The Kier molecular flexibility index (Phi) is 7.43. The van der Waals surface area contributed by atoms with E-state index in [1.807, 2.05) is 0 Å². The first-order valence-electron chi connectivity index (χ1n) is 11.2. The number of fused-ring (bicyclic) bond motifs is 1. The molecule has 1 amide bonds. The van der Waals surface area contributed by atoms with Crippen LogP contribution in [0.25, 0.3) is 10.9 Å². The number of carbonyl (C=O) groups excluding carboxylic acids is 1. The summed E-state index contributed by atoms with van der Waals surface area (Å²) in [6, 6.07) is 9.07. The fourth-order valence-electron chi connectivity index (χ4n) is 4.12. The molecule has 35 heavy (non-hydrogen) atoms. The first-order valence-corrected chi connectivity index (χ1v) is 12.7. The number of hydrogen-bond acceptors (Lipinski definition) is 5. The number of nitrogens with zero attached hydrogens (tertiary/aromatic N) is 1. The molecule has 0 radical (unpaired) electrons. The number of rotatable bonds is 8. The second-order valence-corrected chi connectivity index (χ2v) is 10.4. The van der Waals surface area contributed by atoms with Crippen LogP contribution < -0.4 is 15.4 Å². The van der Waals surface area contributed by atoms with E-state index in [4.69, 9.17) is 0 Å². The topological polar surface area (TPSA) is 116 Å². The number of sulfonamides is 1. The number of pyridine rings is 1. The quantitative estimate of drug-likeness (QED) is 0.372. The molecule has 3 aromatic rings. The van der Waals surface area contributed by atoms with Crippen LogP contribution in [0.4, 0.5) is 13.2 Å². The van der Waals surface area contributed by atoms with E-state index in [0.717, 1.165) is 16.5 Å². The third-order valence-corrected chi connectivity index (χ3v) is 7.53. The van der Waals surface area contributed by atoms with E-state index in [1.54, 1.807) is 36.7 Å². The zero-order valence-electron chi connectivity index (χ0n) is 18.7. The molecule has 0 bridgehead atoms. The van der Waals surface area contributed by atoms with Crippen molar-refractivity contribution in [2.24, 2.45) is 0 Å². The van der Waals surface area contributed by atoms with Crippen LogP contribution >= 0.6 is 0 Å². The molecule has 1 aliphatic rings. The first-order chi connectivity index (χ1) is 16.6. The van der Waals surface area contributed by atoms with Crippen LogP contribution in [0, 0.1) is 0 Å². The van der Waals surface area contributed by atoms with Gasteiger partial charge in [0.1, 0.15) is 5.69 Å². The fraction of sp³-hybridized carbons (Fsp3) is 0.391. The minimum absolute atomic E-state index is 0.0908. The SMILES string of the molecule is O=C(NCc1ccc(S(=O)(=O)NC2CCC(NCC(F)(F)F)CC2)cc1)c1cc2cnccc2[nH]1. The average Bonchev–Trinajstić information content (AvgIpc) is 3.26. The molecular weight excluding hydrogens is 483 g/mol. The largest absolute Gasteiger partial charge is 0.401 e. The van der Waals surface area contributed by atoms with Crippen molar-refractivity contribution in [2.45, 2.75) is 55.4 Å². The number of alkyl halides is 3. The molecule has 1 aromatic carbocycles. The zero-order valence-corrected chi connectivity index (χ0v) is 19.5. The van der Waals surface area contributed by atoms with E-state index in [0.29, 0.717) is 31.4 Å². The number of benzene rings is 1. The van der Waals surface area contributed by atoms with Gasteiger partial charge >= 0.3 is 6.18 Å². The maximum Gasteiger partial charge on any atom is 0.401 e. The summed E-state index contributed by atoms with van der Waals surface area (Å²) < 4.78 is 65.2. The van der Waals surface area contributed by atoms with Crippen molar-refractivity contribution in [3.63, 3.8) is 0 Å². The van der Waals surface area contributed by atoms with Crippen molar-refractivity contribution in [1.82, 2.24) is 25.3 Å². The highest BCUT2D eigenvalue weighted by Crippen LogP contribution is 2.22. The Morgan fingerprint density at radius 1 is 1.06 bits per heavy atom. The lowest BCUT2D eigenvalue weighted by Crippen LogP contribution is -2.44. The molecule has 2 aromatic heterocycles. The van der Waals surface area contributed by atoms with Gasteiger partial charge in [0.25, 0.3) is 5.91 Å². The molecule has 1 aliphatic carbocycles. The maximum atomic E-state index is 12.7. The van der Waals surface area contributed by atoms with Crippen LogP contribution in [-0.4, -0.2) is 49.1 Å². The summed E-state index contributed by atoms with van der Waals surface area (Å²) >= 11 is 0. The molecule has 1 saturated carbocycles. The summed E-state index contributed by atoms with van der Waals surface area (Å²) in [7, 11) is -3.77. The van der Waals surface area contributed by atoms with E-state index >= 15 is 0 Å². The van der Waals surface area contributed by atoms with Gasteiger partial charge < -0.3 is 15.6 Å². The maximum absolute atomic E-state index is 12.7. The third kappa shape index (κ3) is 6.80. The molecule has 2 heterocycles. The number of aromatic nitrogens is 2. The van der Waals surface area contributed by atoms with E-state index in [9.17, 15) is 26.4 Å². The van der Waals surface area contributed by atoms with Crippen LogP contribution in [0.2, 0.25) is 0 Å². The predicted octanol–water partition coefficient (Wildman–Crippen LogP) is 3.23. The second kappa shape index (κ2) is 10.3. The molecular formula is C23H26F3N5O3S. The molecule has 188 valence electrons. The number of halogens is 3. The van der Waals surface area contributed by atoms with Crippen LogP contribution in [0.3, 0.4) is 0 Å². The summed E-state index contributed by atoms with van der Waals surface area (Å²) in [5, 5.41) is 6.10. The molecule has 0 aliphatic heterocycles. The summed E-state index contributed by atoms with van der Waals surface area (Å²) in [4.78, 5) is 19.5. The summed E-state index contributed by atoms with van der Waals surface area (Å²) in [6.45, 7) is -0.824. The van der Waals surface area contributed by atoms with Gasteiger partial charge in [-0.05, 0) is 55.5 Å². The molecule has 0 saturated heterocycles. The minimum atomic E-state index is -4.26. The Morgan fingerprint density at radius 2 is 1.74 bits per heavy atom. The first kappa shape index (κ1) is 25.1. The lowest BCUT2D eigenvalue weighted by Gasteiger charge is -2.29. The van der Waals surface area contributed by atoms with E-state index < -0.39 is 22.7 Å². The highest BCUT2D eigenvalue weighted by Gasteiger charge is 2.30. The molecule has 4 N–H and O–H groups in total. The van der Waals surface area contributed by atoms with Gasteiger partial charge in [0.05, 0.1) is 11.4 Å². The Hall–Kier alpha value is -2.96. The summed E-state index contributed by atoms with van der Waals surface area (Å²) in [5.41, 5.74) is 1.93. The monoisotopic (exact) mass is 509 g/mol. The van der Waals surface area contributed by atoms with Crippen molar-refractivity contribution < 1.29 is 26.4 Å². The lowest BCUT2D eigenvalue weighted by molar-refractivity contribution is -0.126. The molecule has 8 nitrogen and oxygen atoms in total. The third-order valence-electron chi connectivity index (χ3n) is 5.99. The highest BCUT2D eigenvalue weighted by atomic mass is 32.2. The van der Waals surface area contributed by atoms with Gasteiger partial charge in [-0.15, -0.1) is 0 Å². The number of H-pyrrole nitrogens is 1. The minimum Gasteiger partial charge on any atom is -0.350 e. The van der Waals surface area contributed by atoms with Crippen molar-refractivity contribution in [3.8, 4) is 0 Å². The summed E-state index contributed by atoms with van der Waals surface area (Å²) in [5.74, 6) is -0.292. The van der Waals surface area contributed by atoms with Crippen LogP contribution in [-0.2, 0) is 16.6 Å².